The summed E-state index contributed by atoms with van der Waals surface area (Å²) in [5.41, 5.74) is 0. The molecule has 1 aliphatic heterocycles. The summed E-state index contributed by atoms with van der Waals surface area (Å²) < 4.78 is 25.8. The van der Waals surface area contributed by atoms with E-state index < -0.39 is 10.0 Å². The lowest BCUT2D eigenvalue weighted by molar-refractivity contribution is 0.490. The number of nitrogens with one attached hydrogen (secondary N) is 2. The zero-order valence-electron chi connectivity index (χ0n) is 8.12. The van der Waals surface area contributed by atoms with Gasteiger partial charge in [-0.05, 0) is 19.4 Å². The highest BCUT2D eigenvalue weighted by Gasteiger charge is 2.26. The van der Waals surface area contributed by atoms with E-state index in [-0.39, 0.29) is 5.25 Å². The van der Waals surface area contributed by atoms with Crippen LogP contribution in [0.25, 0.3) is 0 Å². The van der Waals surface area contributed by atoms with Crippen LogP contribution < -0.4 is 10.0 Å². The minimum absolute atomic E-state index is 0.297. The van der Waals surface area contributed by atoms with Gasteiger partial charge in [0.25, 0.3) is 0 Å². The highest BCUT2D eigenvalue weighted by Crippen LogP contribution is 2.09. The van der Waals surface area contributed by atoms with Crippen LogP contribution in [0.1, 0.15) is 19.3 Å². The molecule has 0 radical (unpaired) electrons. The lowest BCUT2D eigenvalue weighted by Crippen LogP contribution is -2.44. The minimum Gasteiger partial charge on any atom is -0.315 e. The Balaban J connectivity index is 2.43. The van der Waals surface area contributed by atoms with Crippen LogP contribution in [-0.4, -0.2) is 33.3 Å². The van der Waals surface area contributed by atoms with E-state index in [2.05, 4.69) is 16.0 Å². The molecule has 80 valence electrons. The SMILES string of the molecule is C#CCCNS(=O)(=O)C1CCCNC1. The summed E-state index contributed by atoms with van der Waals surface area (Å²) in [7, 11) is -3.16. The molecule has 0 aliphatic carbocycles. The van der Waals surface area contributed by atoms with Crippen LogP contribution in [0.2, 0.25) is 0 Å². The van der Waals surface area contributed by atoms with Crippen LogP contribution in [0.3, 0.4) is 0 Å². The Morgan fingerprint density at radius 3 is 2.93 bits per heavy atom. The molecule has 0 saturated carbocycles. The third-order valence-corrected chi connectivity index (χ3v) is 4.15. The Morgan fingerprint density at radius 1 is 1.57 bits per heavy atom. The lowest BCUT2D eigenvalue weighted by atomic mass is 10.2. The van der Waals surface area contributed by atoms with Gasteiger partial charge in [-0.3, -0.25) is 0 Å². The molecule has 2 N–H and O–H groups in total. The summed E-state index contributed by atoms with van der Waals surface area (Å²) in [5, 5.41) is 2.77. The molecular formula is C9H16N2O2S. The third-order valence-electron chi connectivity index (χ3n) is 2.26. The van der Waals surface area contributed by atoms with Gasteiger partial charge in [0, 0.05) is 19.5 Å². The summed E-state index contributed by atoms with van der Waals surface area (Å²) in [6.07, 6.45) is 7.13. The molecule has 0 aromatic heterocycles. The van der Waals surface area contributed by atoms with Crippen molar-refractivity contribution in [2.24, 2.45) is 0 Å². The van der Waals surface area contributed by atoms with Gasteiger partial charge in [0.2, 0.25) is 10.0 Å². The zero-order valence-corrected chi connectivity index (χ0v) is 8.94. The van der Waals surface area contributed by atoms with E-state index in [0.717, 1.165) is 19.4 Å². The number of sulfonamides is 1. The maximum Gasteiger partial charge on any atom is 0.215 e. The molecule has 5 heteroatoms. The average Bonchev–Trinajstić information content (AvgIpc) is 2.19. The number of hydrogen-bond donors (Lipinski definition) is 2. The van der Waals surface area contributed by atoms with E-state index >= 15 is 0 Å². The summed E-state index contributed by atoms with van der Waals surface area (Å²) >= 11 is 0. The van der Waals surface area contributed by atoms with Gasteiger partial charge < -0.3 is 5.32 Å². The second-order valence-electron chi connectivity index (χ2n) is 3.36. The Bertz CT molecular complexity index is 299. The van der Waals surface area contributed by atoms with Gasteiger partial charge in [-0.2, -0.15) is 0 Å². The first-order valence-corrected chi connectivity index (χ1v) is 6.34. The van der Waals surface area contributed by atoms with Crippen molar-refractivity contribution in [3.05, 3.63) is 0 Å². The second kappa shape index (κ2) is 5.35. The van der Waals surface area contributed by atoms with Crippen molar-refractivity contribution in [2.45, 2.75) is 24.5 Å². The van der Waals surface area contributed by atoms with E-state index in [0.29, 0.717) is 19.5 Å². The molecule has 0 bridgehead atoms. The van der Waals surface area contributed by atoms with E-state index in [4.69, 9.17) is 6.42 Å². The molecule has 14 heavy (non-hydrogen) atoms. The summed E-state index contributed by atoms with van der Waals surface area (Å²) in [4.78, 5) is 0. The van der Waals surface area contributed by atoms with Gasteiger partial charge in [0.1, 0.15) is 0 Å². The predicted molar refractivity (Wildman–Crippen MR) is 56.3 cm³/mol. The minimum atomic E-state index is -3.16. The van der Waals surface area contributed by atoms with Gasteiger partial charge in [-0.15, -0.1) is 12.3 Å². The molecule has 1 atom stereocenters. The van der Waals surface area contributed by atoms with Gasteiger partial charge in [-0.25, -0.2) is 13.1 Å². The van der Waals surface area contributed by atoms with Crippen molar-refractivity contribution in [3.8, 4) is 12.3 Å². The highest BCUT2D eigenvalue weighted by atomic mass is 32.2. The van der Waals surface area contributed by atoms with Crippen LogP contribution in [0.15, 0.2) is 0 Å². The van der Waals surface area contributed by atoms with Gasteiger partial charge in [-0.1, -0.05) is 0 Å². The normalized spacial score (nSPS) is 22.9. The summed E-state index contributed by atoms with van der Waals surface area (Å²) in [6.45, 7) is 1.80. The smallest absolute Gasteiger partial charge is 0.215 e. The quantitative estimate of drug-likeness (QED) is 0.500. The molecular weight excluding hydrogens is 200 g/mol. The molecule has 1 aliphatic rings. The molecule has 1 rings (SSSR count). The van der Waals surface area contributed by atoms with Crippen molar-refractivity contribution in [1.29, 1.82) is 0 Å². The van der Waals surface area contributed by atoms with Crippen LogP contribution in [0.4, 0.5) is 0 Å². The van der Waals surface area contributed by atoms with Crippen molar-refractivity contribution >= 4 is 10.0 Å². The van der Waals surface area contributed by atoms with Gasteiger partial charge >= 0.3 is 0 Å². The van der Waals surface area contributed by atoms with E-state index in [1.807, 2.05) is 0 Å². The first-order chi connectivity index (χ1) is 6.67. The second-order valence-corrected chi connectivity index (χ2v) is 5.41. The molecule has 0 amide bonds. The third kappa shape index (κ3) is 3.29. The Hall–Kier alpha value is -0.570. The van der Waals surface area contributed by atoms with E-state index in [1.54, 1.807) is 0 Å². The highest BCUT2D eigenvalue weighted by molar-refractivity contribution is 7.90. The van der Waals surface area contributed by atoms with Gasteiger partial charge in [0.15, 0.2) is 0 Å². The monoisotopic (exact) mass is 216 g/mol. The summed E-state index contributed by atoms with van der Waals surface area (Å²) in [5.74, 6) is 2.40. The molecule has 0 spiro atoms. The van der Waals surface area contributed by atoms with Crippen molar-refractivity contribution < 1.29 is 8.42 Å². The van der Waals surface area contributed by atoms with Crippen LogP contribution in [-0.2, 0) is 10.0 Å². The summed E-state index contributed by atoms with van der Waals surface area (Å²) in [6, 6.07) is 0. The standard InChI is InChI=1S/C9H16N2O2S/c1-2-3-7-11-14(12,13)9-5-4-6-10-8-9/h1,9-11H,3-8H2. The molecule has 1 fully saturated rings. The molecule has 0 aromatic rings. The molecule has 0 aromatic carbocycles. The number of terminal acetylenes is 1. The van der Waals surface area contributed by atoms with Crippen LogP contribution >= 0.6 is 0 Å². The van der Waals surface area contributed by atoms with Gasteiger partial charge in [0.05, 0.1) is 5.25 Å². The fourth-order valence-electron chi connectivity index (χ4n) is 1.47. The van der Waals surface area contributed by atoms with E-state index in [1.165, 1.54) is 0 Å². The maximum absolute atomic E-state index is 11.6. The maximum atomic E-state index is 11.6. The topological polar surface area (TPSA) is 58.2 Å². The van der Waals surface area contributed by atoms with E-state index in [9.17, 15) is 8.42 Å². The lowest BCUT2D eigenvalue weighted by Gasteiger charge is -2.22. The van der Waals surface area contributed by atoms with Crippen LogP contribution in [0, 0.1) is 12.3 Å². The zero-order chi connectivity index (χ0) is 10.4. The first kappa shape index (κ1) is 11.5. The number of rotatable bonds is 4. The Morgan fingerprint density at radius 2 is 2.36 bits per heavy atom. The molecule has 4 nitrogen and oxygen atoms in total. The number of hydrogen-bond acceptors (Lipinski definition) is 3. The fourth-order valence-corrected chi connectivity index (χ4v) is 2.90. The van der Waals surface area contributed by atoms with Crippen molar-refractivity contribution in [3.63, 3.8) is 0 Å². The number of piperidine rings is 1. The molecule has 1 saturated heterocycles. The Labute approximate surface area is 85.5 Å². The molecule has 1 heterocycles. The first-order valence-electron chi connectivity index (χ1n) is 4.79. The molecule has 1 unspecified atom stereocenters. The average molecular weight is 216 g/mol. The van der Waals surface area contributed by atoms with Crippen molar-refractivity contribution in [1.82, 2.24) is 10.0 Å². The fraction of sp³-hybridized carbons (Fsp3) is 0.778. The Kier molecular flexibility index (Phi) is 4.39. The van der Waals surface area contributed by atoms with Crippen molar-refractivity contribution in [2.75, 3.05) is 19.6 Å². The largest absolute Gasteiger partial charge is 0.315 e. The van der Waals surface area contributed by atoms with Crippen LogP contribution in [0.5, 0.6) is 0 Å². The predicted octanol–water partition coefficient (Wildman–Crippen LogP) is -0.319.